The van der Waals surface area contributed by atoms with E-state index in [4.69, 9.17) is 5.73 Å². The molecule has 0 bridgehead atoms. The van der Waals surface area contributed by atoms with E-state index in [1.54, 1.807) is 12.1 Å². The van der Waals surface area contributed by atoms with Gasteiger partial charge in [0.25, 0.3) is 5.91 Å². The van der Waals surface area contributed by atoms with Gasteiger partial charge in [-0.05, 0) is 25.0 Å². The highest BCUT2D eigenvalue weighted by molar-refractivity contribution is 5.94. The molecule has 0 atom stereocenters. The van der Waals surface area contributed by atoms with Gasteiger partial charge in [0, 0.05) is 25.2 Å². The molecule has 1 fully saturated rings. The van der Waals surface area contributed by atoms with E-state index < -0.39 is 0 Å². The van der Waals surface area contributed by atoms with Crippen molar-refractivity contribution in [2.75, 3.05) is 26.2 Å². The standard InChI is InChI=1S/C16H24N4O/c17-16(20-12-6-1-2-7-13-20)19-11-10-18-15(21)14-8-4-3-5-9-14/h3-5,8-9H,1-2,6-7,10-13H2,(H2,17,19)(H,18,21). The van der Waals surface area contributed by atoms with Gasteiger partial charge in [-0.3, -0.25) is 9.79 Å². The number of nitrogens with two attached hydrogens (primary N) is 1. The average molecular weight is 288 g/mol. The first-order valence-corrected chi connectivity index (χ1v) is 7.65. The largest absolute Gasteiger partial charge is 0.370 e. The summed E-state index contributed by atoms with van der Waals surface area (Å²) in [4.78, 5) is 18.3. The van der Waals surface area contributed by atoms with Gasteiger partial charge in [0.2, 0.25) is 0 Å². The van der Waals surface area contributed by atoms with Gasteiger partial charge >= 0.3 is 0 Å². The summed E-state index contributed by atoms with van der Waals surface area (Å²) in [5.74, 6) is 0.532. The van der Waals surface area contributed by atoms with Crippen LogP contribution in [-0.2, 0) is 0 Å². The van der Waals surface area contributed by atoms with Crippen LogP contribution in [0.3, 0.4) is 0 Å². The van der Waals surface area contributed by atoms with Crippen molar-refractivity contribution in [1.29, 1.82) is 0 Å². The Hall–Kier alpha value is -2.04. The summed E-state index contributed by atoms with van der Waals surface area (Å²) in [6.45, 7) is 3.00. The Labute approximate surface area is 126 Å². The van der Waals surface area contributed by atoms with Gasteiger partial charge in [-0.25, -0.2) is 0 Å². The maximum atomic E-state index is 11.8. The lowest BCUT2D eigenvalue weighted by atomic mass is 10.2. The highest BCUT2D eigenvalue weighted by Gasteiger charge is 2.10. The quantitative estimate of drug-likeness (QED) is 0.502. The van der Waals surface area contributed by atoms with Crippen LogP contribution in [0.2, 0.25) is 0 Å². The van der Waals surface area contributed by atoms with Crippen LogP contribution in [0, 0.1) is 0 Å². The molecular formula is C16H24N4O. The molecule has 0 saturated carbocycles. The Kier molecular flexibility index (Phi) is 6.06. The third-order valence-electron chi connectivity index (χ3n) is 3.64. The molecule has 1 aliphatic rings. The van der Waals surface area contributed by atoms with E-state index >= 15 is 0 Å². The fourth-order valence-corrected chi connectivity index (χ4v) is 2.43. The lowest BCUT2D eigenvalue weighted by molar-refractivity contribution is 0.0955. The third-order valence-corrected chi connectivity index (χ3v) is 3.64. The summed E-state index contributed by atoms with van der Waals surface area (Å²) in [6.07, 6.45) is 4.91. The van der Waals surface area contributed by atoms with Crippen LogP contribution in [0.4, 0.5) is 0 Å². The van der Waals surface area contributed by atoms with Crippen molar-refractivity contribution in [3.05, 3.63) is 35.9 Å². The molecule has 1 heterocycles. The minimum Gasteiger partial charge on any atom is -0.370 e. The monoisotopic (exact) mass is 288 g/mol. The SMILES string of the molecule is NC(=NCCNC(=O)c1ccccc1)N1CCCCCC1. The Morgan fingerprint density at radius 2 is 1.81 bits per heavy atom. The number of nitrogens with zero attached hydrogens (tertiary/aromatic N) is 2. The maximum absolute atomic E-state index is 11.8. The van der Waals surface area contributed by atoms with Crippen molar-refractivity contribution in [2.45, 2.75) is 25.7 Å². The predicted octanol–water partition coefficient (Wildman–Crippen LogP) is 1.61. The van der Waals surface area contributed by atoms with Gasteiger partial charge < -0.3 is 16.0 Å². The lowest BCUT2D eigenvalue weighted by Gasteiger charge is -2.21. The van der Waals surface area contributed by atoms with E-state index in [2.05, 4.69) is 15.2 Å². The van der Waals surface area contributed by atoms with Gasteiger partial charge in [-0.1, -0.05) is 31.0 Å². The zero-order valence-corrected chi connectivity index (χ0v) is 12.4. The fourth-order valence-electron chi connectivity index (χ4n) is 2.43. The van der Waals surface area contributed by atoms with Crippen LogP contribution < -0.4 is 11.1 Å². The first-order valence-electron chi connectivity index (χ1n) is 7.65. The molecule has 0 aliphatic carbocycles. The number of benzene rings is 1. The van der Waals surface area contributed by atoms with Gasteiger partial charge in [-0.15, -0.1) is 0 Å². The zero-order chi connectivity index (χ0) is 14.9. The summed E-state index contributed by atoms with van der Waals surface area (Å²) in [5, 5.41) is 2.85. The van der Waals surface area contributed by atoms with Crippen molar-refractivity contribution in [1.82, 2.24) is 10.2 Å². The summed E-state index contributed by atoms with van der Waals surface area (Å²) < 4.78 is 0. The topological polar surface area (TPSA) is 70.7 Å². The number of nitrogens with one attached hydrogen (secondary N) is 1. The fraction of sp³-hybridized carbons (Fsp3) is 0.500. The summed E-state index contributed by atoms with van der Waals surface area (Å²) in [7, 11) is 0. The van der Waals surface area contributed by atoms with Crippen LogP contribution >= 0.6 is 0 Å². The van der Waals surface area contributed by atoms with Crippen molar-refractivity contribution in [2.24, 2.45) is 10.7 Å². The van der Waals surface area contributed by atoms with Gasteiger partial charge in [0.15, 0.2) is 5.96 Å². The average Bonchev–Trinajstić information content (AvgIpc) is 2.81. The van der Waals surface area contributed by atoms with E-state index in [0.29, 0.717) is 24.6 Å². The number of aliphatic imine (C=N–C) groups is 1. The van der Waals surface area contributed by atoms with Crippen LogP contribution in [0.15, 0.2) is 35.3 Å². The van der Waals surface area contributed by atoms with Gasteiger partial charge in [0.05, 0.1) is 6.54 Å². The molecule has 1 aromatic rings. The first kappa shape index (κ1) is 15.4. The first-order chi connectivity index (χ1) is 10.3. The maximum Gasteiger partial charge on any atom is 0.251 e. The number of guanidine groups is 1. The Bertz CT molecular complexity index is 464. The molecule has 3 N–H and O–H groups in total. The number of rotatable bonds is 4. The highest BCUT2D eigenvalue weighted by atomic mass is 16.1. The number of hydrogen-bond donors (Lipinski definition) is 2. The molecule has 1 aliphatic heterocycles. The van der Waals surface area contributed by atoms with Crippen molar-refractivity contribution >= 4 is 11.9 Å². The highest BCUT2D eigenvalue weighted by Crippen LogP contribution is 2.08. The molecule has 0 spiro atoms. The normalized spacial score (nSPS) is 16.4. The van der Waals surface area contributed by atoms with Crippen molar-refractivity contribution < 1.29 is 4.79 Å². The Morgan fingerprint density at radius 1 is 1.14 bits per heavy atom. The second kappa shape index (κ2) is 8.29. The smallest absolute Gasteiger partial charge is 0.251 e. The number of hydrogen-bond acceptors (Lipinski definition) is 2. The van der Waals surface area contributed by atoms with Crippen LogP contribution in [0.5, 0.6) is 0 Å². The predicted molar refractivity (Wildman–Crippen MR) is 85.3 cm³/mol. The molecule has 5 nitrogen and oxygen atoms in total. The molecule has 21 heavy (non-hydrogen) atoms. The van der Waals surface area contributed by atoms with E-state index in [9.17, 15) is 4.79 Å². The van der Waals surface area contributed by atoms with Crippen LogP contribution in [0.1, 0.15) is 36.0 Å². The Balaban J connectivity index is 1.73. The number of carbonyl (C=O) groups excluding carboxylic acids is 1. The van der Waals surface area contributed by atoms with E-state index in [1.165, 1.54) is 25.7 Å². The Morgan fingerprint density at radius 3 is 2.48 bits per heavy atom. The number of carbonyl (C=O) groups is 1. The molecule has 5 heteroatoms. The van der Waals surface area contributed by atoms with E-state index in [-0.39, 0.29) is 5.91 Å². The molecule has 0 aromatic heterocycles. The molecular weight excluding hydrogens is 264 g/mol. The molecule has 0 radical (unpaired) electrons. The van der Waals surface area contributed by atoms with E-state index in [1.807, 2.05) is 18.2 Å². The summed E-state index contributed by atoms with van der Waals surface area (Å²) in [5.41, 5.74) is 6.68. The minimum absolute atomic E-state index is 0.0702. The van der Waals surface area contributed by atoms with Crippen LogP contribution in [0.25, 0.3) is 0 Å². The molecule has 1 saturated heterocycles. The van der Waals surface area contributed by atoms with Crippen molar-refractivity contribution in [3.63, 3.8) is 0 Å². The lowest BCUT2D eigenvalue weighted by Crippen LogP contribution is -2.38. The molecule has 0 unspecified atom stereocenters. The summed E-state index contributed by atoms with van der Waals surface area (Å²) in [6, 6.07) is 9.19. The zero-order valence-electron chi connectivity index (χ0n) is 12.4. The second-order valence-corrected chi connectivity index (χ2v) is 5.26. The summed E-state index contributed by atoms with van der Waals surface area (Å²) >= 11 is 0. The number of likely N-dealkylation sites (tertiary alicyclic amines) is 1. The van der Waals surface area contributed by atoms with Gasteiger partial charge in [-0.2, -0.15) is 0 Å². The van der Waals surface area contributed by atoms with Crippen molar-refractivity contribution in [3.8, 4) is 0 Å². The van der Waals surface area contributed by atoms with Crippen LogP contribution in [-0.4, -0.2) is 42.9 Å². The van der Waals surface area contributed by atoms with E-state index in [0.717, 1.165) is 13.1 Å². The molecule has 2 rings (SSSR count). The molecule has 1 amide bonds. The van der Waals surface area contributed by atoms with Gasteiger partial charge in [0.1, 0.15) is 0 Å². The number of amides is 1. The third kappa shape index (κ3) is 5.10. The molecule has 114 valence electrons. The minimum atomic E-state index is -0.0702. The molecule has 1 aromatic carbocycles. The second-order valence-electron chi connectivity index (χ2n) is 5.26.